The number of rotatable bonds is 4. The van der Waals surface area contributed by atoms with Gasteiger partial charge in [0.15, 0.2) is 0 Å². The molecule has 2 fully saturated rings. The Morgan fingerprint density at radius 2 is 1.84 bits per heavy atom. The van der Waals surface area contributed by atoms with Crippen LogP contribution in [0.4, 0.5) is 4.79 Å². The first-order valence-corrected chi connectivity index (χ1v) is 8.75. The molecule has 0 N–H and O–H groups in total. The standard InChI is InChI=1S/C18H21N5O2/c24-17-16-8-2-1-5-9-22(16)18(25)23(17)11-15-7-4-3-6-14(15)10-21-13-19-12-20-21/h3-4,6-7,12-13,16H,1-2,5,8-11H2. The summed E-state index contributed by atoms with van der Waals surface area (Å²) in [5.41, 5.74) is 2.01. The topological polar surface area (TPSA) is 71.3 Å². The summed E-state index contributed by atoms with van der Waals surface area (Å²) in [6.45, 7) is 1.57. The fourth-order valence-electron chi connectivity index (χ4n) is 3.69. The monoisotopic (exact) mass is 339 g/mol. The third-order valence-corrected chi connectivity index (χ3v) is 5.03. The number of nitrogens with zero attached hydrogens (tertiary/aromatic N) is 5. The van der Waals surface area contributed by atoms with Crippen molar-refractivity contribution in [3.63, 3.8) is 0 Å². The van der Waals surface area contributed by atoms with Crippen LogP contribution in [0.5, 0.6) is 0 Å². The Labute approximate surface area is 146 Å². The summed E-state index contributed by atoms with van der Waals surface area (Å²) in [7, 11) is 0. The van der Waals surface area contributed by atoms with E-state index in [1.165, 1.54) is 11.2 Å². The molecule has 0 spiro atoms. The highest BCUT2D eigenvalue weighted by Gasteiger charge is 2.44. The molecule has 0 saturated carbocycles. The van der Waals surface area contributed by atoms with Crippen LogP contribution in [0.1, 0.15) is 36.8 Å². The molecule has 2 aliphatic heterocycles. The van der Waals surface area contributed by atoms with Crippen molar-refractivity contribution >= 4 is 11.9 Å². The zero-order valence-electron chi connectivity index (χ0n) is 14.0. The van der Waals surface area contributed by atoms with Gasteiger partial charge in [0, 0.05) is 6.54 Å². The number of fused-ring (bicyclic) bond motifs is 1. The van der Waals surface area contributed by atoms with Crippen LogP contribution in [0.25, 0.3) is 0 Å². The second-order valence-corrected chi connectivity index (χ2v) is 6.63. The minimum Gasteiger partial charge on any atom is -0.312 e. The van der Waals surface area contributed by atoms with E-state index in [1.54, 1.807) is 15.9 Å². The summed E-state index contributed by atoms with van der Waals surface area (Å²) in [4.78, 5) is 32.6. The van der Waals surface area contributed by atoms with Gasteiger partial charge in [0.1, 0.15) is 18.7 Å². The Hall–Kier alpha value is -2.70. The van der Waals surface area contributed by atoms with Gasteiger partial charge in [-0.3, -0.25) is 9.69 Å². The lowest BCUT2D eigenvalue weighted by Gasteiger charge is -2.19. The van der Waals surface area contributed by atoms with Crippen molar-refractivity contribution in [1.82, 2.24) is 24.6 Å². The van der Waals surface area contributed by atoms with Gasteiger partial charge in [-0.1, -0.05) is 37.1 Å². The van der Waals surface area contributed by atoms with Crippen LogP contribution in [0.3, 0.4) is 0 Å². The molecule has 2 aliphatic rings. The zero-order valence-corrected chi connectivity index (χ0v) is 14.0. The van der Waals surface area contributed by atoms with E-state index >= 15 is 0 Å². The van der Waals surface area contributed by atoms with Gasteiger partial charge in [-0.15, -0.1) is 0 Å². The lowest BCUT2D eigenvalue weighted by molar-refractivity contribution is -0.128. The molecular formula is C18H21N5O2. The van der Waals surface area contributed by atoms with Crippen LogP contribution >= 0.6 is 0 Å². The van der Waals surface area contributed by atoms with Crippen molar-refractivity contribution in [2.24, 2.45) is 0 Å². The number of hydrogen-bond donors (Lipinski definition) is 0. The van der Waals surface area contributed by atoms with E-state index in [9.17, 15) is 9.59 Å². The summed E-state index contributed by atoms with van der Waals surface area (Å²) in [5, 5.41) is 4.13. The molecule has 2 aromatic rings. The third kappa shape index (κ3) is 3.01. The molecule has 3 heterocycles. The normalized spacial score (nSPS) is 20.7. The van der Waals surface area contributed by atoms with Crippen molar-refractivity contribution in [2.75, 3.05) is 6.54 Å². The molecule has 0 bridgehead atoms. The number of benzene rings is 1. The highest BCUT2D eigenvalue weighted by atomic mass is 16.2. The van der Waals surface area contributed by atoms with E-state index < -0.39 is 0 Å². The maximum Gasteiger partial charge on any atom is 0.327 e. The van der Waals surface area contributed by atoms with E-state index in [0.717, 1.165) is 36.8 Å². The van der Waals surface area contributed by atoms with Gasteiger partial charge >= 0.3 is 6.03 Å². The maximum atomic E-state index is 12.8. The van der Waals surface area contributed by atoms with Crippen LogP contribution < -0.4 is 0 Å². The Morgan fingerprint density at radius 1 is 1.04 bits per heavy atom. The lowest BCUT2D eigenvalue weighted by Crippen LogP contribution is -2.34. The SMILES string of the molecule is O=C1C2CCCCCN2C(=O)N1Cc1ccccc1Cn1cncn1. The first-order chi connectivity index (χ1) is 12.2. The van der Waals surface area contributed by atoms with Crippen LogP contribution in [0, 0.1) is 0 Å². The zero-order chi connectivity index (χ0) is 17.2. The maximum absolute atomic E-state index is 12.8. The largest absolute Gasteiger partial charge is 0.327 e. The van der Waals surface area contributed by atoms with Gasteiger partial charge < -0.3 is 4.90 Å². The lowest BCUT2D eigenvalue weighted by atomic mass is 10.1. The fraction of sp³-hybridized carbons (Fsp3) is 0.444. The van der Waals surface area contributed by atoms with E-state index in [2.05, 4.69) is 10.1 Å². The molecule has 4 rings (SSSR count). The number of carbonyl (C=O) groups excluding carboxylic acids is 2. The van der Waals surface area contributed by atoms with Crippen molar-refractivity contribution < 1.29 is 9.59 Å². The summed E-state index contributed by atoms with van der Waals surface area (Å²) in [5.74, 6) is -0.0533. The smallest absolute Gasteiger partial charge is 0.312 e. The number of aromatic nitrogens is 3. The average molecular weight is 339 g/mol. The van der Waals surface area contributed by atoms with Gasteiger partial charge in [0.05, 0.1) is 13.1 Å². The molecule has 0 radical (unpaired) electrons. The van der Waals surface area contributed by atoms with Gasteiger partial charge in [-0.2, -0.15) is 5.10 Å². The Balaban J connectivity index is 1.56. The minimum absolute atomic E-state index is 0.0533. The molecule has 3 amide bonds. The van der Waals surface area contributed by atoms with Crippen LogP contribution in [-0.2, 0) is 17.9 Å². The fourth-order valence-corrected chi connectivity index (χ4v) is 3.69. The van der Waals surface area contributed by atoms with E-state index in [-0.39, 0.29) is 18.0 Å². The van der Waals surface area contributed by atoms with Crippen molar-refractivity contribution in [3.05, 3.63) is 48.0 Å². The number of amides is 3. The van der Waals surface area contributed by atoms with Gasteiger partial charge in [-0.25, -0.2) is 14.5 Å². The molecule has 130 valence electrons. The first kappa shape index (κ1) is 15.8. The van der Waals surface area contributed by atoms with Crippen molar-refractivity contribution in [1.29, 1.82) is 0 Å². The van der Waals surface area contributed by atoms with E-state index in [4.69, 9.17) is 0 Å². The molecule has 1 atom stereocenters. The molecular weight excluding hydrogens is 318 g/mol. The Kier molecular flexibility index (Phi) is 4.21. The number of carbonyl (C=O) groups is 2. The second kappa shape index (κ2) is 6.66. The van der Waals surface area contributed by atoms with Crippen LogP contribution in [0.2, 0.25) is 0 Å². The first-order valence-electron chi connectivity index (χ1n) is 8.75. The number of imide groups is 1. The van der Waals surface area contributed by atoms with E-state index in [1.807, 2.05) is 24.3 Å². The van der Waals surface area contributed by atoms with Gasteiger partial charge in [-0.05, 0) is 24.0 Å². The molecule has 7 heteroatoms. The predicted molar refractivity (Wildman–Crippen MR) is 90.5 cm³/mol. The average Bonchev–Trinajstić information content (AvgIpc) is 3.10. The number of urea groups is 1. The minimum atomic E-state index is -0.266. The Bertz CT molecular complexity index is 750. The van der Waals surface area contributed by atoms with Gasteiger partial charge in [0.25, 0.3) is 5.91 Å². The molecule has 0 aliphatic carbocycles. The molecule has 1 aromatic heterocycles. The third-order valence-electron chi connectivity index (χ3n) is 5.03. The molecule has 7 nitrogen and oxygen atoms in total. The summed E-state index contributed by atoms with van der Waals surface area (Å²) >= 11 is 0. The molecule has 2 saturated heterocycles. The van der Waals surface area contributed by atoms with Crippen molar-refractivity contribution in [3.8, 4) is 0 Å². The second-order valence-electron chi connectivity index (χ2n) is 6.63. The Morgan fingerprint density at radius 3 is 2.60 bits per heavy atom. The highest BCUT2D eigenvalue weighted by Crippen LogP contribution is 2.27. The summed E-state index contributed by atoms with van der Waals surface area (Å²) in [6.07, 6.45) is 7.02. The molecule has 1 unspecified atom stereocenters. The van der Waals surface area contributed by atoms with Crippen LogP contribution in [-0.4, -0.2) is 49.1 Å². The van der Waals surface area contributed by atoms with Gasteiger partial charge in [0.2, 0.25) is 0 Å². The summed E-state index contributed by atoms with van der Waals surface area (Å²) < 4.78 is 1.74. The molecule has 25 heavy (non-hydrogen) atoms. The van der Waals surface area contributed by atoms with Crippen molar-refractivity contribution in [2.45, 2.75) is 44.8 Å². The highest BCUT2D eigenvalue weighted by molar-refractivity contribution is 6.04. The molecule has 1 aromatic carbocycles. The predicted octanol–water partition coefficient (Wildman–Crippen LogP) is 2.03. The quantitative estimate of drug-likeness (QED) is 0.799. The summed E-state index contributed by atoms with van der Waals surface area (Å²) in [6, 6.07) is 7.45. The number of hydrogen-bond acceptors (Lipinski definition) is 4. The van der Waals surface area contributed by atoms with Crippen LogP contribution in [0.15, 0.2) is 36.9 Å². The van der Waals surface area contributed by atoms with E-state index in [0.29, 0.717) is 19.6 Å².